The van der Waals surface area contributed by atoms with Gasteiger partial charge in [-0.1, -0.05) is 30.3 Å². The molecule has 0 unspecified atom stereocenters. The van der Waals surface area contributed by atoms with Gasteiger partial charge in [-0.2, -0.15) is 0 Å². The number of nitro groups is 1. The SMILES string of the molecule is CCN(c1ccccc1)S(=O)(=O)c1ccc(NCc2cccc(OC)c2)c([N+](=O)[O-])c1. The minimum Gasteiger partial charge on any atom is -0.497 e. The molecule has 3 rings (SSSR count). The Morgan fingerprint density at radius 3 is 2.42 bits per heavy atom. The van der Waals surface area contributed by atoms with E-state index in [0.717, 1.165) is 11.6 Å². The summed E-state index contributed by atoms with van der Waals surface area (Å²) >= 11 is 0. The molecule has 0 aromatic heterocycles. The van der Waals surface area contributed by atoms with E-state index in [1.165, 1.54) is 16.4 Å². The zero-order chi connectivity index (χ0) is 22.4. The fraction of sp³-hybridized carbons (Fsp3) is 0.182. The van der Waals surface area contributed by atoms with Crippen molar-refractivity contribution in [2.24, 2.45) is 0 Å². The van der Waals surface area contributed by atoms with Crippen LogP contribution in [0.3, 0.4) is 0 Å². The Morgan fingerprint density at radius 2 is 1.77 bits per heavy atom. The van der Waals surface area contributed by atoms with Crippen molar-refractivity contribution in [2.45, 2.75) is 18.4 Å². The van der Waals surface area contributed by atoms with Gasteiger partial charge in [0.15, 0.2) is 0 Å². The van der Waals surface area contributed by atoms with E-state index in [9.17, 15) is 18.5 Å². The molecule has 0 aliphatic carbocycles. The van der Waals surface area contributed by atoms with E-state index in [1.807, 2.05) is 18.2 Å². The van der Waals surface area contributed by atoms with Crippen molar-refractivity contribution in [3.05, 3.63) is 88.5 Å². The average molecular weight is 442 g/mol. The Kier molecular flexibility index (Phi) is 6.76. The second kappa shape index (κ2) is 9.48. The van der Waals surface area contributed by atoms with E-state index in [1.54, 1.807) is 50.4 Å². The minimum atomic E-state index is -3.97. The molecule has 0 aliphatic heterocycles. The Bertz CT molecular complexity index is 1170. The van der Waals surface area contributed by atoms with Gasteiger partial charge in [-0.25, -0.2) is 8.42 Å². The smallest absolute Gasteiger partial charge is 0.293 e. The molecule has 0 radical (unpaired) electrons. The first-order chi connectivity index (χ1) is 14.9. The molecule has 0 atom stereocenters. The molecular weight excluding hydrogens is 418 g/mol. The molecule has 0 saturated heterocycles. The average Bonchev–Trinajstić information content (AvgIpc) is 2.78. The van der Waals surface area contributed by atoms with E-state index >= 15 is 0 Å². The Labute approximate surface area is 181 Å². The highest BCUT2D eigenvalue weighted by Crippen LogP contribution is 2.31. The lowest BCUT2D eigenvalue weighted by Crippen LogP contribution is -2.30. The van der Waals surface area contributed by atoms with Crippen LogP contribution in [0.25, 0.3) is 0 Å². The van der Waals surface area contributed by atoms with Gasteiger partial charge in [0.25, 0.3) is 15.7 Å². The van der Waals surface area contributed by atoms with E-state index in [-0.39, 0.29) is 22.8 Å². The van der Waals surface area contributed by atoms with Crippen LogP contribution in [0.1, 0.15) is 12.5 Å². The third kappa shape index (κ3) is 4.95. The molecular formula is C22H23N3O5S. The summed E-state index contributed by atoms with van der Waals surface area (Å²) in [4.78, 5) is 10.9. The van der Waals surface area contributed by atoms with Crippen molar-refractivity contribution in [1.82, 2.24) is 0 Å². The summed E-state index contributed by atoms with van der Waals surface area (Å²) < 4.78 is 32.7. The van der Waals surface area contributed by atoms with E-state index < -0.39 is 14.9 Å². The van der Waals surface area contributed by atoms with Crippen LogP contribution in [0.4, 0.5) is 17.1 Å². The van der Waals surface area contributed by atoms with Crippen LogP contribution in [0.2, 0.25) is 0 Å². The maximum atomic E-state index is 13.2. The largest absolute Gasteiger partial charge is 0.497 e. The van der Waals surface area contributed by atoms with Crippen LogP contribution >= 0.6 is 0 Å². The van der Waals surface area contributed by atoms with Crippen molar-refractivity contribution in [3.8, 4) is 5.75 Å². The highest BCUT2D eigenvalue weighted by Gasteiger charge is 2.27. The zero-order valence-corrected chi connectivity index (χ0v) is 18.0. The molecule has 31 heavy (non-hydrogen) atoms. The standard InChI is InChI=1S/C22H23N3O5S/c1-3-24(18-9-5-4-6-10-18)31(28,29)20-12-13-21(22(15-20)25(26)27)23-16-17-8-7-11-19(14-17)30-2/h4-15,23H,3,16H2,1-2H3. The number of sulfonamides is 1. The fourth-order valence-electron chi connectivity index (χ4n) is 3.16. The molecule has 162 valence electrons. The summed E-state index contributed by atoms with van der Waals surface area (Å²) in [6.45, 7) is 2.22. The third-order valence-corrected chi connectivity index (χ3v) is 6.60. The van der Waals surface area contributed by atoms with Gasteiger partial charge < -0.3 is 10.1 Å². The molecule has 0 saturated carbocycles. The first-order valence-corrected chi connectivity index (χ1v) is 11.0. The van der Waals surface area contributed by atoms with Crippen molar-refractivity contribution in [2.75, 3.05) is 23.3 Å². The van der Waals surface area contributed by atoms with Crippen molar-refractivity contribution in [3.63, 3.8) is 0 Å². The molecule has 0 bridgehead atoms. The summed E-state index contributed by atoms with van der Waals surface area (Å²) in [7, 11) is -2.41. The van der Waals surface area contributed by atoms with Crippen LogP contribution in [0.15, 0.2) is 77.7 Å². The van der Waals surface area contributed by atoms with Gasteiger partial charge >= 0.3 is 0 Å². The normalized spacial score (nSPS) is 11.0. The number of nitrogens with one attached hydrogen (secondary N) is 1. The fourth-order valence-corrected chi connectivity index (χ4v) is 4.66. The first kappa shape index (κ1) is 22.1. The number of rotatable bonds is 9. The summed E-state index contributed by atoms with van der Waals surface area (Å²) in [5.41, 5.74) is 1.28. The summed E-state index contributed by atoms with van der Waals surface area (Å²) in [6.07, 6.45) is 0. The number of nitrogens with zero attached hydrogens (tertiary/aromatic N) is 2. The van der Waals surface area contributed by atoms with Gasteiger partial charge in [0.1, 0.15) is 11.4 Å². The van der Waals surface area contributed by atoms with Gasteiger partial charge in [0, 0.05) is 19.2 Å². The number of ether oxygens (including phenoxy) is 1. The Hall–Kier alpha value is -3.59. The molecule has 0 spiro atoms. The van der Waals surface area contributed by atoms with Gasteiger partial charge in [0.2, 0.25) is 0 Å². The molecule has 0 fully saturated rings. The Morgan fingerprint density at radius 1 is 1.03 bits per heavy atom. The van der Waals surface area contributed by atoms with E-state index in [2.05, 4.69) is 5.32 Å². The molecule has 3 aromatic rings. The summed E-state index contributed by atoms with van der Waals surface area (Å²) in [5, 5.41) is 14.7. The molecule has 8 nitrogen and oxygen atoms in total. The molecule has 9 heteroatoms. The number of methoxy groups -OCH3 is 1. The highest BCUT2D eigenvalue weighted by molar-refractivity contribution is 7.92. The number of hydrogen-bond acceptors (Lipinski definition) is 6. The number of hydrogen-bond donors (Lipinski definition) is 1. The van der Waals surface area contributed by atoms with Gasteiger partial charge in [-0.3, -0.25) is 14.4 Å². The number of para-hydroxylation sites is 1. The second-order valence-corrected chi connectivity index (χ2v) is 8.51. The minimum absolute atomic E-state index is 0.142. The molecule has 0 amide bonds. The second-order valence-electron chi connectivity index (χ2n) is 6.65. The molecule has 0 heterocycles. The molecule has 1 N–H and O–H groups in total. The van der Waals surface area contributed by atoms with Crippen LogP contribution in [0, 0.1) is 10.1 Å². The van der Waals surface area contributed by atoms with Crippen LogP contribution < -0.4 is 14.4 Å². The van der Waals surface area contributed by atoms with E-state index in [0.29, 0.717) is 18.0 Å². The topological polar surface area (TPSA) is 102 Å². The number of anilines is 2. The maximum Gasteiger partial charge on any atom is 0.293 e. The maximum absolute atomic E-state index is 13.2. The van der Waals surface area contributed by atoms with Crippen LogP contribution in [-0.4, -0.2) is 27.0 Å². The zero-order valence-electron chi connectivity index (χ0n) is 17.2. The number of nitro benzene ring substituents is 1. The van der Waals surface area contributed by atoms with Crippen LogP contribution in [0.5, 0.6) is 5.75 Å². The van der Waals surface area contributed by atoms with Gasteiger partial charge in [0.05, 0.1) is 22.6 Å². The quantitative estimate of drug-likeness (QED) is 0.389. The predicted octanol–water partition coefficient (Wildman–Crippen LogP) is 4.43. The molecule has 3 aromatic carbocycles. The van der Waals surface area contributed by atoms with E-state index in [4.69, 9.17) is 4.74 Å². The van der Waals surface area contributed by atoms with Crippen molar-refractivity contribution < 1.29 is 18.1 Å². The number of benzene rings is 3. The summed E-state index contributed by atoms with van der Waals surface area (Å²) in [6, 6.07) is 19.8. The lowest BCUT2D eigenvalue weighted by atomic mass is 10.2. The Balaban J connectivity index is 1.91. The summed E-state index contributed by atoms with van der Waals surface area (Å²) in [5.74, 6) is 0.677. The highest BCUT2D eigenvalue weighted by atomic mass is 32.2. The predicted molar refractivity (Wildman–Crippen MR) is 120 cm³/mol. The van der Waals surface area contributed by atoms with Gasteiger partial charge in [-0.15, -0.1) is 0 Å². The van der Waals surface area contributed by atoms with Crippen molar-refractivity contribution in [1.29, 1.82) is 0 Å². The third-order valence-electron chi connectivity index (χ3n) is 4.70. The van der Waals surface area contributed by atoms with Gasteiger partial charge in [-0.05, 0) is 48.9 Å². The lowest BCUT2D eigenvalue weighted by molar-refractivity contribution is -0.384. The van der Waals surface area contributed by atoms with Crippen molar-refractivity contribution >= 4 is 27.1 Å². The first-order valence-electron chi connectivity index (χ1n) is 9.60. The molecule has 0 aliphatic rings. The lowest BCUT2D eigenvalue weighted by Gasteiger charge is -2.23. The van der Waals surface area contributed by atoms with Crippen LogP contribution in [-0.2, 0) is 16.6 Å². The monoisotopic (exact) mass is 441 g/mol.